The lowest BCUT2D eigenvalue weighted by Crippen LogP contribution is -2.05. The van der Waals surface area contributed by atoms with E-state index >= 15 is 0 Å². The second-order valence-electron chi connectivity index (χ2n) is 3.81. The lowest BCUT2D eigenvalue weighted by molar-refractivity contribution is 0.411. The maximum atomic E-state index is 13.5. The minimum Gasteiger partial charge on any atom is -0.348 e. The number of hydrogen-bond acceptors (Lipinski definition) is 5. The maximum Gasteiger partial charge on any atom is 0.253 e. The van der Waals surface area contributed by atoms with Gasteiger partial charge in [-0.1, -0.05) is 0 Å². The van der Waals surface area contributed by atoms with Crippen molar-refractivity contribution < 1.29 is 17.6 Å². The summed E-state index contributed by atoms with van der Waals surface area (Å²) in [5, 5.41) is 8.38. The van der Waals surface area contributed by atoms with Gasteiger partial charge in [0, 0.05) is 11.6 Å². The third-order valence-corrected chi connectivity index (χ3v) is 3.23. The molecular weight excluding hydrogens is 310 g/mol. The Morgan fingerprint density at radius 2 is 1.81 bits per heavy atom. The van der Waals surface area contributed by atoms with Crippen molar-refractivity contribution in [2.24, 2.45) is 0 Å². The van der Waals surface area contributed by atoms with Crippen LogP contribution in [0.1, 0.15) is 0 Å². The molecule has 10 heteroatoms. The molecule has 0 saturated heterocycles. The monoisotopic (exact) mass is 315 g/mol. The Morgan fingerprint density at radius 1 is 1.10 bits per heavy atom. The molecule has 0 fully saturated rings. The van der Waals surface area contributed by atoms with Gasteiger partial charge < -0.3 is 5.32 Å². The van der Waals surface area contributed by atoms with Crippen LogP contribution in [0.5, 0.6) is 0 Å². The van der Waals surface area contributed by atoms with Gasteiger partial charge in [-0.05, 0) is 0 Å². The first-order chi connectivity index (χ1) is 10.1. The highest BCUT2D eigenvalue weighted by molar-refractivity contribution is 7.12. The van der Waals surface area contributed by atoms with Crippen LogP contribution in [0.3, 0.4) is 0 Å². The smallest absolute Gasteiger partial charge is 0.253 e. The molecule has 0 radical (unpaired) electrons. The third kappa shape index (κ3) is 2.44. The molecule has 3 rings (SSSR count). The number of thiazole rings is 1. The first kappa shape index (κ1) is 13.5. The topological polar surface area (TPSA) is 55.6 Å². The molecule has 3 heterocycles. The van der Waals surface area contributed by atoms with Gasteiger partial charge in [-0.15, -0.1) is 11.3 Å². The second-order valence-corrected chi connectivity index (χ2v) is 4.68. The molecule has 0 spiro atoms. The number of hydrogen-bond donors (Lipinski definition) is 1. The van der Waals surface area contributed by atoms with E-state index in [0.29, 0.717) is 5.13 Å². The van der Waals surface area contributed by atoms with E-state index in [1.807, 2.05) is 0 Å². The standard InChI is InChI=1S/C11H5F4N5S/c12-6-8(7(13)10(15)19-9(6)14)18-5-3-17-20(4-5)11-16-1-2-21-11/h1-4H,(H,18,19). The number of nitrogens with zero attached hydrogens (tertiary/aromatic N) is 4. The minimum atomic E-state index is -1.73. The van der Waals surface area contributed by atoms with Crippen LogP contribution in [0.25, 0.3) is 5.13 Å². The molecule has 1 N–H and O–H groups in total. The summed E-state index contributed by atoms with van der Waals surface area (Å²) in [6.07, 6.45) is 4.16. The van der Waals surface area contributed by atoms with Crippen molar-refractivity contribution in [1.82, 2.24) is 19.7 Å². The molecule has 108 valence electrons. The normalized spacial score (nSPS) is 10.9. The van der Waals surface area contributed by atoms with Crippen molar-refractivity contribution in [2.45, 2.75) is 0 Å². The van der Waals surface area contributed by atoms with Gasteiger partial charge in [0.05, 0.1) is 18.1 Å². The van der Waals surface area contributed by atoms with Crippen LogP contribution in [0.15, 0.2) is 24.0 Å². The summed E-state index contributed by atoms with van der Waals surface area (Å²) in [5.41, 5.74) is -0.841. The molecule has 0 bridgehead atoms. The van der Waals surface area contributed by atoms with Crippen molar-refractivity contribution in [2.75, 3.05) is 5.32 Å². The number of aromatic nitrogens is 4. The summed E-state index contributed by atoms with van der Waals surface area (Å²) >= 11 is 1.29. The first-order valence-electron chi connectivity index (χ1n) is 5.48. The lowest BCUT2D eigenvalue weighted by Gasteiger charge is -2.06. The number of halogens is 4. The summed E-state index contributed by atoms with van der Waals surface area (Å²) < 4.78 is 54.3. The van der Waals surface area contributed by atoms with Crippen LogP contribution in [0.4, 0.5) is 28.9 Å². The molecule has 0 atom stereocenters. The fraction of sp³-hybridized carbons (Fsp3) is 0. The van der Waals surface area contributed by atoms with Crippen LogP contribution in [0, 0.1) is 23.5 Å². The molecule has 0 aliphatic rings. The average Bonchev–Trinajstić information content (AvgIpc) is 3.12. The predicted octanol–water partition coefficient (Wildman–Crippen LogP) is 3.02. The fourth-order valence-electron chi connectivity index (χ4n) is 1.56. The number of nitrogens with one attached hydrogen (secondary N) is 1. The average molecular weight is 315 g/mol. The summed E-state index contributed by atoms with van der Waals surface area (Å²) in [6, 6.07) is 0. The zero-order valence-corrected chi connectivity index (χ0v) is 10.8. The Morgan fingerprint density at radius 3 is 2.43 bits per heavy atom. The molecule has 0 unspecified atom stereocenters. The van der Waals surface area contributed by atoms with Crippen molar-refractivity contribution in [3.05, 3.63) is 47.5 Å². The van der Waals surface area contributed by atoms with E-state index < -0.39 is 29.2 Å². The van der Waals surface area contributed by atoms with Crippen LogP contribution >= 0.6 is 11.3 Å². The highest BCUT2D eigenvalue weighted by Crippen LogP contribution is 2.26. The van der Waals surface area contributed by atoms with Gasteiger partial charge >= 0.3 is 0 Å². The Balaban J connectivity index is 1.95. The zero-order valence-electron chi connectivity index (χ0n) is 10.0. The molecule has 3 aromatic rings. The van der Waals surface area contributed by atoms with Gasteiger partial charge in [-0.2, -0.15) is 27.6 Å². The van der Waals surface area contributed by atoms with Crippen molar-refractivity contribution in [1.29, 1.82) is 0 Å². The van der Waals surface area contributed by atoms with E-state index in [0.717, 1.165) is 0 Å². The second kappa shape index (κ2) is 5.13. The quantitative estimate of drug-likeness (QED) is 0.596. The molecule has 3 aromatic heterocycles. The largest absolute Gasteiger partial charge is 0.348 e. The molecule has 0 aliphatic heterocycles. The predicted molar refractivity (Wildman–Crippen MR) is 66.6 cm³/mol. The molecule has 5 nitrogen and oxygen atoms in total. The van der Waals surface area contributed by atoms with Crippen LogP contribution in [0.2, 0.25) is 0 Å². The minimum absolute atomic E-state index is 0.132. The van der Waals surface area contributed by atoms with Gasteiger partial charge in [0.2, 0.25) is 16.8 Å². The third-order valence-electron chi connectivity index (χ3n) is 2.46. The molecule has 0 aromatic carbocycles. The van der Waals surface area contributed by atoms with Crippen molar-refractivity contribution in [3.8, 4) is 5.13 Å². The number of rotatable bonds is 3. The highest BCUT2D eigenvalue weighted by Gasteiger charge is 2.21. The maximum absolute atomic E-state index is 13.5. The van der Waals surface area contributed by atoms with Crippen molar-refractivity contribution in [3.63, 3.8) is 0 Å². The van der Waals surface area contributed by atoms with Crippen LogP contribution < -0.4 is 5.32 Å². The number of anilines is 2. The van der Waals surface area contributed by atoms with Crippen LogP contribution in [-0.4, -0.2) is 19.7 Å². The Labute approximate surface area is 118 Å². The van der Waals surface area contributed by atoms with Crippen molar-refractivity contribution >= 4 is 22.7 Å². The van der Waals surface area contributed by atoms with E-state index in [9.17, 15) is 17.6 Å². The Kier molecular flexibility index (Phi) is 3.29. The number of pyridine rings is 1. The SMILES string of the molecule is Fc1nc(F)c(F)c(Nc2cnn(-c3nccs3)c2)c1F. The molecule has 0 amide bonds. The van der Waals surface area contributed by atoms with Gasteiger partial charge in [0.25, 0.3) is 11.9 Å². The molecule has 0 saturated carbocycles. The van der Waals surface area contributed by atoms with Gasteiger partial charge in [-0.25, -0.2) is 9.67 Å². The first-order valence-corrected chi connectivity index (χ1v) is 6.36. The van der Waals surface area contributed by atoms with Gasteiger partial charge in [-0.3, -0.25) is 0 Å². The molecule has 21 heavy (non-hydrogen) atoms. The summed E-state index contributed by atoms with van der Waals surface area (Å²) in [4.78, 5) is 6.45. The fourth-order valence-corrected chi connectivity index (χ4v) is 2.14. The van der Waals surface area contributed by atoms with Gasteiger partial charge in [0.1, 0.15) is 5.69 Å². The molecule has 0 aliphatic carbocycles. The Bertz CT molecular complexity index is 760. The Hall–Kier alpha value is -2.49. The van der Waals surface area contributed by atoms with E-state index in [1.54, 1.807) is 11.6 Å². The van der Waals surface area contributed by atoms with E-state index in [2.05, 4.69) is 20.4 Å². The summed E-state index contributed by atoms with van der Waals surface area (Å²) in [7, 11) is 0. The zero-order chi connectivity index (χ0) is 15.0. The summed E-state index contributed by atoms with van der Waals surface area (Å²) in [5.74, 6) is -6.70. The van der Waals surface area contributed by atoms with E-state index in [-0.39, 0.29) is 5.69 Å². The van der Waals surface area contributed by atoms with Crippen LogP contribution in [-0.2, 0) is 0 Å². The molecular formula is C11H5F4N5S. The van der Waals surface area contributed by atoms with E-state index in [1.165, 1.54) is 28.4 Å². The van der Waals surface area contributed by atoms with E-state index in [4.69, 9.17) is 0 Å². The highest BCUT2D eigenvalue weighted by atomic mass is 32.1. The van der Waals surface area contributed by atoms with Gasteiger partial charge in [0.15, 0.2) is 0 Å². The lowest BCUT2D eigenvalue weighted by atomic mass is 10.3. The summed E-state index contributed by atoms with van der Waals surface area (Å²) in [6.45, 7) is 0.